The topological polar surface area (TPSA) is 64.8 Å². The van der Waals surface area contributed by atoms with Gasteiger partial charge in [-0.3, -0.25) is 4.79 Å². The van der Waals surface area contributed by atoms with Crippen molar-refractivity contribution in [3.05, 3.63) is 93.9 Å². The number of hydrazone groups is 1. The maximum atomic E-state index is 12.0. The first-order valence-corrected chi connectivity index (χ1v) is 11.4. The van der Waals surface area contributed by atoms with Gasteiger partial charge in [0.2, 0.25) is 5.91 Å². The van der Waals surface area contributed by atoms with E-state index in [1.54, 1.807) is 24.7 Å². The summed E-state index contributed by atoms with van der Waals surface area (Å²) < 4.78 is 13.2. The zero-order valence-corrected chi connectivity index (χ0v) is 19.6. The minimum Gasteiger partial charge on any atom is -0.497 e. The third-order valence-electron chi connectivity index (χ3n) is 5.17. The Morgan fingerprint density at radius 3 is 2.33 bits per heavy atom. The van der Waals surface area contributed by atoms with Gasteiger partial charge in [0.15, 0.2) is 0 Å². The molecule has 0 fully saturated rings. The van der Waals surface area contributed by atoms with Gasteiger partial charge in [-0.25, -0.2) is 5.43 Å². The molecule has 0 aliphatic heterocycles. The fourth-order valence-corrected chi connectivity index (χ4v) is 4.25. The molecule has 0 unspecified atom stereocenters. The zero-order chi connectivity index (χ0) is 23.2. The molecule has 4 rings (SSSR count). The molecule has 7 heteroatoms. The van der Waals surface area contributed by atoms with Gasteiger partial charge < -0.3 is 14.0 Å². The van der Waals surface area contributed by atoms with Gasteiger partial charge in [-0.2, -0.15) is 5.10 Å². The summed E-state index contributed by atoms with van der Waals surface area (Å²) in [6.07, 6.45) is 2.02. The maximum absolute atomic E-state index is 12.0. The van der Waals surface area contributed by atoms with Crippen molar-refractivity contribution in [2.45, 2.75) is 20.3 Å². The van der Waals surface area contributed by atoms with Crippen LogP contribution in [0.2, 0.25) is 0 Å². The summed E-state index contributed by atoms with van der Waals surface area (Å²) in [5.41, 5.74) is 6.68. The Kier molecular flexibility index (Phi) is 6.90. The third kappa shape index (κ3) is 5.51. The smallest absolute Gasteiger partial charge is 0.245 e. The van der Waals surface area contributed by atoms with E-state index in [1.165, 1.54) is 0 Å². The Morgan fingerprint density at radius 2 is 1.70 bits per heavy atom. The van der Waals surface area contributed by atoms with Crippen LogP contribution < -0.4 is 14.9 Å². The van der Waals surface area contributed by atoms with E-state index in [9.17, 15) is 4.79 Å². The molecule has 4 aromatic rings. The maximum Gasteiger partial charge on any atom is 0.245 e. The molecule has 0 atom stereocenters. The fourth-order valence-electron chi connectivity index (χ4n) is 3.54. The highest BCUT2D eigenvalue weighted by Gasteiger charge is 2.10. The number of amides is 1. The van der Waals surface area contributed by atoms with E-state index in [2.05, 4.69) is 15.1 Å². The molecular weight excluding hydrogens is 434 g/mol. The second kappa shape index (κ2) is 10.2. The molecule has 6 nitrogen and oxygen atoms in total. The van der Waals surface area contributed by atoms with Crippen LogP contribution in [0.1, 0.15) is 21.8 Å². The van der Waals surface area contributed by atoms with Crippen molar-refractivity contribution in [3.8, 4) is 22.9 Å². The molecule has 0 saturated carbocycles. The van der Waals surface area contributed by atoms with Gasteiger partial charge >= 0.3 is 0 Å². The molecule has 1 N–H and O–H groups in total. The van der Waals surface area contributed by atoms with E-state index in [0.29, 0.717) is 6.42 Å². The minimum atomic E-state index is -0.130. The molecule has 168 valence electrons. The van der Waals surface area contributed by atoms with Crippen LogP contribution in [0.15, 0.2) is 77.2 Å². The first-order valence-electron chi connectivity index (χ1n) is 10.5. The van der Waals surface area contributed by atoms with Crippen LogP contribution in [0.25, 0.3) is 5.69 Å². The molecule has 0 aliphatic rings. The summed E-state index contributed by atoms with van der Waals surface area (Å²) in [6, 6.07) is 21.3. The van der Waals surface area contributed by atoms with Crippen molar-refractivity contribution in [1.29, 1.82) is 0 Å². The Hall–Kier alpha value is -3.84. The van der Waals surface area contributed by atoms with Crippen molar-refractivity contribution in [2.24, 2.45) is 5.10 Å². The van der Waals surface area contributed by atoms with E-state index in [4.69, 9.17) is 9.47 Å². The average molecular weight is 460 g/mol. The van der Waals surface area contributed by atoms with Gasteiger partial charge in [0.1, 0.15) is 17.2 Å². The van der Waals surface area contributed by atoms with Gasteiger partial charge in [-0.05, 0) is 79.9 Å². The minimum absolute atomic E-state index is 0.130. The number of carbonyl (C=O) groups is 1. The number of methoxy groups -OCH3 is 1. The molecule has 2 heterocycles. The van der Waals surface area contributed by atoms with Crippen molar-refractivity contribution in [3.63, 3.8) is 0 Å². The van der Waals surface area contributed by atoms with Gasteiger partial charge in [0, 0.05) is 27.5 Å². The SMILES string of the molecule is COc1ccc(Oc2ccc(-n3c(C)cc(/C=N\NC(=O)Cc4cccs4)c3C)cc2)cc1. The van der Waals surface area contributed by atoms with Crippen LogP contribution in [0.3, 0.4) is 0 Å². The number of ether oxygens (including phenoxy) is 2. The number of hydrogen-bond acceptors (Lipinski definition) is 5. The number of rotatable bonds is 8. The summed E-state index contributed by atoms with van der Waals surface area (Å²) in [6.45, 7) is 4.07. The van der Waals surface area contributed by atoms with Gasteiger partial charge in [-0.15, -0.1) is 11.3 Å². The molecule has 2 aromatic heterocycles. The van der Waals surface area contributed by atoms with Crippen LogP contribution in [-0.2, 0) is 11.2 Å². The van der Waals surface area contributed by atoms with Crippen LogP contribution in [0.5, 0.6) is 17.2 Å². The van der Waals surface area contributed by atoms with E-state index in [0.717, 1.165) is 44.8 Å². The highest BCUT2D eigenvalue weighted by molar-refractivity contribution is 7.10. The van der Waals surface area contributed by atoms with Crippen LogP contribution in [0, 0.1) is 13.8 Å². The summed E-state index contributed by atoms with van der Waals surface area (Å²) in [5, 5.41) is 6.10. The highest BCUT2D eigenvalue weighted by atomic mass is 32.1. The lowest BCUT2D eigenvalue weighted by Crippen LogP contribution is -2.19. The zero-order valence-electron chi connectivity index (χ0n) is 18.7. The normalized spacial score (nSPS) is 11.0. The number of benzene rings is 2. The molecule has 0 bridgehead atoms. The lowest BCUT2D eigenvalue weighted by atomic mass is 10.2. The lowest BCUT2D eigenvalue weighted by molar-refractivity contribution is -0.120. The summed E-state index contributed by atoms with van der Waals surface area (Å²) in [5.74, 6) is 2.16. The van der Waals surface area contributed by atoms with Gasteiger partial charge in [-0.1, -0.05) is 6.07 Å². The first kappa shape index (κ1) is 22.4. The van der Waals surface area contributed by atoms with Gasteiger partial charge in [0.25, 0.3) is 0 Å². The molecule has 1 amide bonds. The summed E-state index contributed by atoms with van der Waals surface area (Å²) in [7, 11) is 1.64. The number of thiophene rings is 1. The molecule has 0 aliphatic carbocycles. The number of nitrogens with zero attached hydrogens (tertiary/aromatic N) is 2. The average Bonchev–Trinajstić information content (AvgIpc) is 3.42. The Bertz CT molecular complexity index is 1240. The standard InChI is InChI=1S/C26H25N3O3S/c1-18-15-20(17-27-28-26(30)16-25-5-4-14-33-25)19(2)29(18)21-6-8-23(9-7-21)32-24-12-10-22(31-3)11-13-24/h4-15,17H,16H2,1-3H3,(H,28,30)/b27-17-. The monoisotopic (exact) mass is 459 g/mol. The van der Waals surface area contributed by atoms with Crippen LogP contribution in [-0.4, -0.2) is 23.8 Å². The molecule has 2 aromatic carbocycles. The van der Waals surface area contributed by atoms with E-state index >= 15 is 0 Å². The Balaban J connectivity index is 1.42. The Morgan fingerprint density at radius 1 is 1.03 bits per heavy atom. The van der Waals surface area contributed by atoms with E-state index in [-0.39, 0.29) is 5.91 Å². The fraction of sp³-hybridized carbons (Fsp3) is 0.154. The number of nitrogens with one attached hydrogen (secondary N) is 1. The Labute approximate surface area is 197 Å². The number of aryl methyl sites for hydroxylation is 1. The molecule has 33 heavy (non-hydrogen) atoms. The van der Waals surface area contributed by atoms with Crippen molar-refractivity contribution in [1.82, 2.24) is 9.99 Å². The number of aromatic nitrogens is 1. The molecule has 0 spiro atoms. The summed E-state index contributed by atoms with van der Waals surface area (Å²) in [4.78, 5) is 13.0. The highest BCUT2D eigenvalue weighted by Crippen LogP contribution is 2.26. The van der Waals surface area contributed by atoms with Gasteiger partial charge in [0.05, 0.1) is 19.7 Å². The predicted octanol–water partition coefficient (Wildman–Crippen LogP) is 5.65. The molecule has 0 saturated heterocycles. The number of carbonyl (C=O) groups excluding carboxylic acids is 1. The van der Waals surface area contributed by atoms with E-state index in [1.807, 2.05) is 86.0 Å². The van der Waals surface area contributed by atoms with E-state index < -0.39 is 0 Å². The molecular formula is C26H25N3O3S. The summed E-state index contributed by atoms with van der Waals surface area (Å²) >= 11 is 1.56. The van der Waals surface area contributed by atoms with Crippen LogP contribution >= 0.6 is 11.3 Å². The third-order valence-corrected chi connectivity index (χ3v) is 6.04. The quantitative estimate of drug-likeness (QED) is 0.274. The second-order valence-electron chi connectivity index (χ2n) is 7.48. The first-order chi connectivity index (χ1) is 16.0. The van der Waals surface area contributed by atoms with Crippen LogP contribution in [0.4, 0.5) is 0 Å². The lowest BCUT2D eigenvalue weighted by Gasteiger charge is -2.11. The second-order valence-corrected chi connectivity index (χ2v) is 8.51. The molecule has 0 radical (unpaired) electrons. The number of hydrogen-bond donors (Lipinski definition) is 1. The largest absolute Gasteiger partial charge is 0.497 e. The predicted molar refractivity (Wildman–Crippen MR) is 132 cm³/mol. The van der Waals surface area contributed by atoms with Crippen molar-refractivity contribution >= 4 is 23.5 Å². The van der Waals surface area contributed by atoms with Crippen molar-refractivity contribution in [2.75, 3.05) is 7.11 Å². The van der Waals surface area contributed by atoms with Crippen molar-refractivity contribution < 1.29 is 14.3 Å².